The Labute approximate surface area is 188 Å². The van der Waals surface area contributed by atoms with Crippen molar-refractivity contribution in [1.29, 1.82) is 0 Å². The van der Waals surface area contributed by atoms with Crippen molar-refractivity contribution in [3.05, 3.63) is 89.5 Å². The Kier molecular flexibility index (Phi) is 7.00. The minimum atomic E-state index is -0.981. The molecule has 0 radical (unpaired) electrons. The Hall–Kier alpha value is -3.40. The van der Waals surface area contributed by atoms with Gasteiger partial charge in [0.1, 0.15) is 24.3 Å². The molecule has 1 atom stereocenters. The van der Waals surface area contributed by atoms with Crippen LogP contribution in [0, 0.1) is 18.2 Å². The van der Waals surface area contributed by atoms with E-state index in [0.717, 1.165) is 30.9 Å². The summed E-state index contributed by atoms with van der Waals surface area (Å²) in [5.41, 5.74) is 2.64. The lowest BCUT2D eigenvalue weighted by atomic mass is 10.0. The predicted octanol–water partition coefficient (Wildman–Crippen LogP) is 3.64. The number of aliphatic hydroxyl groups excluding tert-OH is 1. The number of aromatic nitrogens is 1. The number of anilines is 1. The highest BCUT2D eigenvalue weighted by molar-refractivity contribution is 5.57. The molecule has 1 aliphatic rings. The van der Waals surface area contributed by atoms with Gasteiger partial charge in [-0.3, -0.25) is 9.88 Å². The van der Waals surface area contributed by atoms with E-state index in [1.807, 2.05) is 29.2 Å². The molecule has 1 saturated heterocycles. The molecule has 2 aromatic carbocycles. The maximum Gasteiger partial charge on any atom is 0.148 e. The molecule has 1 N–H and O–H groups in total. The number of para-hydroxylation sites is 1. The molecule has 1 aromatic heterocycles. The Morgan fingerprint density at radius 1 is 1.06 bits per heavy atom. The maximum absolute atomic E-state index is 14.9. The number of pyridine rings is 1. The Morgan fingerprint density at radius 2 is 1.88 bits per heavy atom. The first kappa shape index (κ1) is 21.8. The second-order valence-electron chi connectivity index (χ2n) is 7.74. The largest absolute Gasteiger partial charge is 0.481 e. The van der Waals surface area contributed by atoms with Crippen molar-refractivity contribution in [2.75, 3.05) is 37.7 Å². The van der Waals surface area contributed by atoms with Crippen LogP contribution in [0.15, 0.2) is 66.9 Å². The molecule has 1 fully saturated rings. The fourth-order valence-corrected chi connectivity index (χ4v) is 4.03. The van der Waals surface area contributed by atoms with E-state index in [0.29, 0.717) is 30.0 Å². The number of benzene rings is 2. The number of hydrogen-bond acceptors (Lipinski definition) is 5. The molecular weight excluding hydrogens is 405 g/mol. The zero-order valence-electron chi connectivity index (χ0n) is 17.8. The third-order valence-corrected chi connectivity index (χ3v) is 5.60. The van der Waals surface area contributed by atoms with Gasteiger partial charge in [-0.25, -0.2) is 4.39 Å². The van der Waals surface area contributed by atoms with Crippen molar-refractivity contribution in [2.24, 2.45) is 0 Å². The molecule has 0 bridgehead atoms. The Morgan fingerprint density at radius 3 is 2.62 bits per heavy atom. The van der Waals surface area contributed by atoms with Crippen LogP contribution in [-0.4, -0.2) is 47.8 Å². The van der Waals surface area contributed by atoms with Crippen LogP contribution >= 0.6 is 0 Å². The number of rotatable bonds is 7. The summed E-state index contributed by atoms with van der Waals surface area (Å²) in [5.74, 6) is 2.91. The fourth-order valence-electron chi connectivity index (χ4n) is 4.03. The lowest BCUT2D eigenvalue weighted by Gasteiger charge is -2.37. The summed E-state index contributed by atoms with van der Waals surface area (Å²) in [4.78, 5) is 8.57. The second-order valence-corrected chi connectivity index (χ2v) is 7.74. The van der Waals surface area contributed by atoms with E-state index < -0.39 is 6.10 Å². The Balaban J connectivity index is 1.44. The van der Waals surface area contributed by atoms with E-state index in [4.69, 9.17) is 11.2 Å². The zero-order valence-corrected chi connectivity index (χ0v) is 17.8. The van der Waals surface area contributed by atoms with E-state index in [9.17, 15) is 9.50 Å². The van der Waals surface area contributed by atoms with Gasteiger partial charge in [-0.1, -0.05) is 36.3 Å². The highest BCUT2D eigenvalue weighted by atomic mass is 19.1. The molecule has 0 saturated carbocycles. The first-order valence-corrected chi connectivity index (χ1v) is 10.7. The summed E-state index contributed by atoms with van der Waals surface area (Å²) in [6, 6.07) is 18.1. The molecule has 0 spiro atoms. The zero-order chi connectivity index (χ0) is 22.3. The van der Waals surface area contributed by atoms with E-state index in [1.165, 1.54) is 6.07 Å². The molecule has 164 valence electrons. The number of aliphatic hydroxyl groups is 1. The van der Waals surface area contributed by atoms with Crippen LogP contribution in [-0.2, 0) is 6.54 Å². The van der Waals surface area contributed by atoms with Crippen LogP contribution < -0.4 is 9.64 Å². The molecule has 3 aromatic rings. The van der Waals surface area contributed by atoms with Crippen LogP contribution in [0.25, 0.3) is 0 Å². The molecule has 1 unspecified atom stereocenters. The van der Waals surface area contributed by atoms with Crippen LogP contribution in [0.3, 0.4) is 0 Å². The first-order valence-electron chi connectivity index (χ1n) is 10.7. The highest BCUT2D eigenvalue weighted by Crippen LogP contribution is 2.33. The smallest absolute Gasteiger partial charge is 0.148 e. The van der Waals surface area contributed by atoms with Crippen molar-refractivity contribution in [3.8, 4) is 18.1 Å². The van der Waals surface area contributed by atoms with Gasteiger partial charge in [-0.05, 0) is 35.9 Å². The van der Waals surface area contributed by atoms with Gasteiger partial charge in [-0.15, -0.1) is 6.42 Å². The predicted molar refractivity (Wildman–Crippen MR) is 123 cm³/mol. The lowest BCUT2D eigenvalue weighted by molar-refractivity contribution is 0.213. The average Bonchev–Trinajstić information content (AvgIpc) is 2.83. The maximum atomic E-state index is 14.9. The van der Waals surface area contributed by atoms with Crippen molar-refractivity contribution < 1.29 is 14.2 Å². The quantitative estimate of drug-likeness (QED) is 0.579. The van der Waals surface area contributed by atoms with E-state index in [1.54, 1.807) is 30.5 Å². The number of ether oxygens (including phenoxy) is 1. The molecule has 0 aliphatic carbocycles. The molecule has 32 heavy (non-hydrogen) atoms. The molecule has 4 rings (SSSR count). The van der Waals surface area contributed by atoms with Crippen LogP contribution in [0.2, 0.25) is 0 Å². The minimum absolute atomic E-state index is 0.247. The SMILES string of the molecule is C#CCOc1cccc(CN2CCN(c3c(F)cccc3C(O)c3ccccn3)CC2)c1. The first-order chi connectivity index (χ1) is 15.7. The van der Waals surface area contributed by atoms with E-state index in [2.05, 4.69) is 21.9 Å². The molecule has 0 amide bonds. The van der Waals surface area contributed by atoms with Crippen LogP contribution in [0.4, 0.5) is 10.1 Å². The van der Waals surface area contributed by atoms with Gasteiger partial charge in [0.15, 0.2) is 0 Å². The molecular formula is C26H26FN3O2. The van der Waals surface area contributed by atoms with Gasteiger partial charge in [0, 0.05) is 44.5 Å². The van der Waals surface area contributed by atoms with Gasteiger partial charge in [0.25, 0.3) is 0 Å². The summed E-state index contributed by atoms with van der Waals surface area (Å²) < 4.78 is 20.4. The molecule has 5 nitrogen and oxygen atoms in total. The average molecular weight is 432 g/mol. The van der Waals surface area contributed by atoms with Crippen molar-refractivity contribution >= 4 is 5.69 Å². The van der Waals surface area contributed by atoms with Crippen molar-refractivity contribution in [2.45, 2.75) is 12.6 Å². The molecule has 1 aliphatic heterocycles. The van der Waals surface area contributed by atoms with Gasteiger partial charge in [0.2, 0.25) is 0 Å². The number of piperazine rings is 1. The monoisotopic (exact) mass is 431 g/mol. The molecule has 6 heteroatoms. The number of hydrogen-bond donors (Lipinski definition) is 1. The summed E-state index contributed by atoms with van der Waals surface area (Å²) >= 11 is 0. The van der Waals surface area contributed by atoms with Gasteiger partial charge >= 0.3 is 0 Å². The van der Waals surface area contributed by atoms with Crippen molar-refractivity contribution in [3.63, 3.8) is 0 Å². The van der Waals surface area contributed by atoms with Gasteiger partial charge in [0.05, 0.1) is 11.4 Å². The fraction of sp³-hybridized carbons (Fsp3) is 0.269. The number of terminal acetylenes is 1. The summed E-state index contributed by atoms with van der Waals surface area (Å²) in [7, 11) is 0. The molecule has 2 heterocycles. The van der Waals surface area contributed by atoms with E-state index >= 15 is 0 Å². The Bertz CT molecular complexity index is 1080. The summed E-state index contributed by atoms with van der Waals surface area (Å²) in [6.45, 7) is 3.91. The van der Waals surface area contributed by atoms with Crippen LogP contribution in [0.5, 0.6) is 5.75 Å². The number of nitrogens with zero attached hydrogens (tertiary/aromatic N) is 3. The van der Waals surface area contributed by atoms with Crippen molar-refractivity contribution in [1.82, 2.24) is 9.88 Å². The topological polar surface area (TPSA) is 48.8 Å². The van der Waals surface area contributed by atoms with Gasteiger partial charge in [-0.2, -0.15) is 0 Å². The second kappa shape index (κ2) is 10.3. The van der Waals surface area contributed by atoms with Gasteiger partial charge < -0.3 is 14.7 Å². The normalized spacial score (nSPS) is 15.2. The van der Waals surface area contributed by atoms with Crippen LogP contribution in [0.1, 0.15) is 22.9 Å². The summed E-state index contributed by atoms with van der Waals surface area (Å²) in [6.07, 6.45) is 5.91. The highest BCUT2D eigenvalue weighted by Gasteiger charge is 2.25. The lowest BCUT2D eigenvalue weighted by Crippen LogP contribution is -2.46. The standard InChI is InChI=1S/C26H26FN3O2/c1-2-17-32-21-8-5-7-20(18-21)19-29-13-15-30(16-14-29)25-22(9-6-10-23(25)27)26(31)24-11-3-4-12-28-24/h1,3-12,18,26,31H,13-17,19H2. The minimum Gasteiger partial charge on any atom is -0.481 e. The summed E-state index contributed by atoms with van der Waals surface area (Å²) in [5, 5.41) is 10.9. The third kappa shape index (κ3) is 5.08. The third-order valence-electron chi connectivity index (χ3n) is 5.60. The van der Waals surface area contributed by atoms with E-state index in [-0.39, 0.29) is 12.4 Å². The number of halogens is 1.